The number of aromatic nitrogens is 2. The highest BCUT2D eigenvalue weighted by Crippen LogP contribution is 2.23. The van der Waals surface area contributed by atoms with Crippen LogP contribution in [-0.4, -0.2) is 21.2 Å². The number of rotatable bonds is 7. The van der Waals surface area contributed by atoms with E-state index in [1.54, 1.807) is 15.9 Å². The zero-order chi connectivity index (χ0) is 21.1. The van der Waals surface area contributed by atoms with Gasteiger partial charge in [0.2, 0.25) is 5.91 Å². The lowest BCUT2D eigenvalue weighted by Crippen LogP contribution is -2.24. The van der Waals surface area contributed by atoms with Gasteiger partial charge in [-0.05, 0) is 60.4 Å². The van der Waals surface area contributed by atoms with Crippen LogP contribution >= 0.6 is 34.4 Å². The number of benzene rings is 1. The first kappa shape index (κ1) is 20.8. The molecule has 0 aliphatic heterocycles. The Morgan fingerprint density at radius 2 is 2.00 bits per heavy atom. The van der Waals surface area contributed by atoms with Gasteiger partial charge in [0.15, 0.2) is 5.16 Å². The molecule has 0 aliphatic rings. The number of fused-ring (bicyclic) bond motifs is 1. The molecule has 1 N–H and O–H groups in total. The monoisotopic (exact) mass is 455 g/mol. The summed E-state index contributed by atoms with van der Waals surface area (Å²) in [4.78, 5) is 31.5. The number of thioether (sulfide) groups is 1. The normalized spacial score (nSPS) is 11.1. The van der Waals surface area contributed by atoms with E-state index in [1.807, 2.05) is 54.9 Å². The van der Waals surface area contributed by atoms with Gasteiger partial charge >= 0.3 is 0 Å². The van der Waals surface area contributed by atoms with E-state index in [0.29, 0.717) is 21.9 Å². The fourth-order valence-corrected chi connectivity index (χ4v) is 5.41. The maximum atomic E-state index is 13.0. The summed E-state index contributed by atoms with van der Waals surface area (Å²) in [6.07, 6.45) is 0.762. The zero-order valence-corrected chi connectivity index (χ0v) is 19.1. The van der Waals surface area contributed by atoms with Crippen molar-refractivity contribution < 1.29 is 4.79 Å². The maximum Gasteiger partial charge on any atom is 0.272 e. The van der Waals surface area contributed by atoms with E-state index >= 15 is 0 Å². The van der Waals surface area contributed by atoms with E-state index in [9.17, 15) is 9.59 Å². The van der Waals surface area contributed by atoms with Crippen LogP contribution in [-0.2, 0) is 17.8 Å². The van der Waals surface area contributed by atoms with Crippen molar-refractivity contribution in [3.63, 3.8) is 0 Å². The van der Waals surface area contributed by atoms with Crippen molar-refractivity contribution in [3.8, 4) is 0 Å². The Kier molecular flexibility index (Phi) is 6.36. The molecule has 0 spiro atoms. The second-order valence-electron chi connectivity index (χ2n) is 6.90. The highest BCUT2D eigenvalue weighted by atomic mass is 32.2. The molecule has 8 heteroatoms. The van der Waals surface area contributed by atoms with E-state index in [-0.39, 0.29) is 17.2 Å². The van der Waals surface area contributed by atoms with Crippen LogP contribution in [0.1, 0.15) is 16.0 Å². The number of carbonyl (C=O) groups is 1. The summed E-state index contributed by atoms with van der Waals surface area (Å²) < 4.78 is 2.36. The van der Waals surface area contributed by atoms with E-state index in [2.05, 4.69) is 16.4 Å². The molecule has 1 amide bonds. The molecule has 0 atom stereocenters. The van der Waals surface area contributed by atoms with Crippen molar-refractivity contribution in [2.45, 2.75) is 32.0 Å². The summed E-state index contributed by atoms with van der Waals surface area (Å²) in [7, 11) is 0. The third kappa shape index (κ3) is 4.50. The van der Waals surface area contributed by atoms with Crippen molar-refractivity contribution in [2.75, 3.05) is 11.1 Å². The lowest BCUT2D eigenvalue weighted by atomic mass is 10.1. The van der Waals surface area contributed by atoms with E-state index in [1.165, 1.54) is 28.0 Å². The Bertz CT molecular complexity index is 1240. The molecule has 0 aliphatic carbocycles. The molecule has 3 aromatic heterocycles. The zero-order valence-electron chi connectivity index (χ0n) is 16.7. The van der Waals surface area contributed by atoms with Gasteiger partial charge in [0.25, 0.3) is 5.56 Å². The molecule has 0 unspecified atom stereocenters. The van der Waals surface area contributed by atoms with Gasteiger partial charge in [0, 0.05) is 17.1 Å². The predicted molar refractivity (Wildman–Crippen MR) is 127 cm³/mol. The number of amides is 1. The van der Waals surface area contributed by atoms with Crippen molar-refractivity contribution >= 4 is 56.2 Å². The molecular weight excluding hydrogens is 434 g/mol. The van der Waals surface area contributed by atoms with E-state index in [4.69, 9.17) is 0 Å². The molecule has 4 rings (SSSR count). The number of nitrogens with zero attached hydrogens (tertiary/aromatic N) is 2. The average molecular weight is 456 g/mol. The third-order valence-electron chi connectivity index (χ3n) is 4.90. The lowest BCUT2D eigenvalue weighted by Gasteiger charge is -2.13. The fourth-order valence-electron chi connectivity index (χ4n) is 3.11. The summed E-state index contributed by atoms with van der Waals surface area (Å²) in [5, 5.41) is 7.47. The molecule has 30 heavy (non-hydrogen) atoms. The maximum absolute atomic E-state index is 13.0. The average Bonchev–Trinajstić information content (AvgIpc) is 3.41. The first-order valence-corrected chi connectivity index (χ1v) is 12.3. The second kappa shape index (κ2) is 9.16. The van der Waals surface area contributed by atoms with Crippen LogP contribution < -0.4 is 10.9 Å². The van der Waals surface area contributed by atoms with Crippen LogP contribution in [0.3, 0.4) is 0 Å². The van der Waals surface area contributed by atoms with Crippen LogP contribution in [0.2, 0.25) is 0 Å². The highest BCUT2D eigenvalue weighted by molar-refractivity contribution is 7.99. The Morgan fingerprint density at radius 1 is 1.13 bits per heavy atom. The van der Waals surface area contributed by atoms with Crippen LogP contribution in [0, 0.1) is 13.8 Å². The van der Waals surface area contributed by atoms with Crippen LogP contribution in [0.5, 0.6) is 0 Å². The Morgan fingerprint density at radius 3 is 2.80 bits per heavy atom. The van der Waals surface area contributed by atoms with Crippen LogP contribution in [0.4, 0.5) is 5.69 Å². The van der Waals surface area contributed by atoms with Crippen molar-refractivity contribution in [1.29, 1.82) is 0 Å². The third-order valence-corrected chi connectivity index (χ3v) is 7.71. The molecule has 0 saturated carbocycles. The van der Waals surface area contributed by atoms with E-state index in [0.717, 1.165) is 23.2 Å². The standard InChI is InChI=1S/C22H21N3O2S3/c1-14-5-3-7-17(15(14)2)23-19(26)13-30-22-24-18-9-12-29-20(18)21(27)25(22)10-8-16-6-4-11-28-16/h3-7,9,11-12H,8,10,13H2,1-2H3,(H,23,26). The number of aryl methyl sites for hydroxylation is 2. The smallest absolute Gasteiger partial charge is 0.272 e. The van der Waals surface area contributed by atoms with Crippen molar-refractivity contribution in [3.05, 3.63) is 73.5 Å². The van der Waals surface area contributed by atoms with Gasteiger partial charge in [-0.15, -0.1) is 22.7 Å². The summed E-state index contributed by atoms with van der Waals surface area (Å²) in [6, 6.07) is 11.8. The van der Waals surface area contributed by atoms with Gasteiger partial charge in [-0.25, -0.2) is 4.98 Å². The Labute approximate surface area is 186 Å². The molecular formula is C22H21N3O2S3. The number of thiophene rings is 2. The second-order valence-corrected chi connectivity index (χ2v) is 9.79. The number of hydrogen-bond acceptors (Lipinski definition) is 6. The number of hydrogen-bond donors (Lipinski definition) is 1. The Balaban J connectivity index is 1.53. The Hall–Kier alpha value is -2.42. The topological polar surface area (TPSA) is 64.0 Å². The minimum absolute atomic E-state index is 0.0380. The first-order chi connectivity index (χ1) is 14.5. The fraction of sp³-hybridized carbons (Fsp3) is 0.227. The number of anilines is 1. The molecule has 0 fully saturated rings. The molecule has 1 aromatic carbocycles. The molecule has 3 heterocycles. The predicted octanol–water partition coefficient (Wildman–Crippen LogP) is 5.11. The SMILES string of the molecule is Cc1cccc(NC(=O)CSc2nc3ccsc3c(=O)n2CCc2cccs2)c1C. The van der Waals surface area contributed by atoms with Gasteiger partial charge in [-0.1, -0.05) is 30.0 Å². The summed E-state index contributed by atoms with van der Waals surface area (Å²) >= 11 is 4.39. The quantitative estimate of drug-likeness (QED) is 0.311. The number of carbonyl (C=O) groups excluding carboxylic acids is 1. The molecule has 5 nitrogen and oxygen atoms in total. The summed E-state index contributed by atoms with van der Waals surface area (Å²) in [6.45, 7) is 4.56. The number of nitrogens with one attached hydrogen (secondary N) is 1. The van der Waals surface area contributed by atoms with E-state index < -0.39 is 0 Å². The van der Waals surface area contributed by atoms with Gasteiger partial charge in [0.05, 0.1) is 11.3 Å². The van der Waals surface area contributed by atoms with Crippen molar-refractivity contribution in [2.24, 2.45) is 0 Å². The van der Waals surface area contributed by atoms with Gasteiger partial charge in [-0.3, -0.25) is 14.2 Å². The van der Waals surface area contributed by atoms with Crippen molar-refractivity contribution in [1.82, 2.24) is 9.55 Å². The molecule has 0 bridgehead atoms. The first-order valence-electron chi connectivity index (χ1n) is 9.52. The highest BCUT2D eigenvalue weighted by Gasteiger charge is 2.15. The van der Waals surface area contributed by atoms with Gasteiger partial charge in [-0.2, -0.15) is 0 Å². The van der Waals surface area contributed by atoms with Crippen LogP contribution in [0.15, 0.2) is 57.1 Å². The molecule has 154 valence electrons. The molecule has 0 saturated heterocycles. The minimum Gasteiger partial charge on any atom is -0.325 e. The summed E-state index contributed by atoms with van der Waals surface area (Å²) in [5.74, 6) is 0.0762. The summed E-state index contributed by atoms with van der Waals surface area (Å²) in [5.41, 5.74) is 3.66. The van der Waals surface area contributed by atoms with Crippen LogP contribution in [0.25, 0.3) is 10.2 Å². The molecule has 0 radical (unpaired) electrons. The minimum atomic E-state index is -0.113. The lowest BCUT2D eigenvalue weighted by molar-refractivity contribution is -0.113. The largest absolute Gasteiger partial charge is 0.325 e. The van der Waals surface area contributed by atoms with Gasteiger partial charge < -0.3 is 5.32 Å². The van der Waals surface area contributed by atoms with Gasteiger partial charge in [0.1, 0.15) is 4.70 Å². The molecule has 4 aromatic rings.